The zero-order valence-electron chi connectivity index (χ0n) is 9.30. The average Bonchev–Trinajstić information content (AvgIpc) is 2.22. The van der Waals surface area contributed by atoms with Crippen molar-refractivity contribution in [3.8, 4) is 0 Å². The van der Waals surface area contributed by atoms with Crippen molar-refractivity contribution in [2.24, 2.45) is 5.73 Å². The van der Waals surface area contributed by atoms with E-state index in [-0.39, 0.29) is 11.4 Å². The highest BCUT2D eigenvalue weighted by atomic mass is 79.9. The van der Waals surface area contributed by atoms with Crippen LogP contribution in [-0.2, 0) is 4.79 Å². The normalized spacial score (nSPS) is 17.4. The molecule has 0 aliphatic heterocycles. The zero-order valence-corrected chi connectivity index (χ0v) is 11.6. The lowest BCUT2D eigenvalue weighted by Crippen LogP contribution is -2.48. The Bertz CT molecular complexity index is 446. The van der Waals surface area contributed by atoms with E-state index < -0.39 is 0 Å². The molecular weight excluding hydrogens is 304 g/mol. The molecule has 0 spiro atoms. The topological polar surface area (TPSA) is 55.1 Å². The molecule has 1 aliphatic rings. The largest absolute Gasteiger partial charge is 0.325 e. The van der Waals surface area contributed by atoms with Crippen molar-refractivity contribution in [1.82, 2.24) is 0 Å². The van der Waals surface area contributed by atoms with E-state index in [4.69, 9.17) is 17.3 Å². The Morgan fingerprint density at radius 3 is 2.82 bits per heavy atom. The highest BCUT2D eigenvalue weighted by Gasteiger charge is 2.34. The molecule has 0 heterocycles. The molecule has 0 atom stereocenters. The van der Waals surface area contributed by atoms with Crippen LogP contribution in [0.4, 0.5) is 5.69 Å². The standard InChI is InChI=1S/C12H14BrClN2O/c13-11-8(14)3-1-4-9(11)16-10(17)7-12(15)5-2-6-12/h1,3-4H,2,5-7,15H2,(H,16,17). The predicted molar refractivity (Wildman–Crippen MR) is 73.2 cm³/mol. The summed E-state index contributed by atoms with van der Waals surface area (Å²) in [6, 6.07) is 5.36. The summed E-state index contributed by atoms with van der Waals surface area (Å²) in [5.41, 5.74) is 6.42. The molecule has 1 aliphatic carbocycles. The predicted octanol–water partition coefficient (Wildman–Crippen LogP) is 3.31. The van der Waals surface area contributed by atoms with Crippen LogP contribution in [0.5, 0.6) is 0 Å². The van der Waals surface area contributed by atoms with Gasteiger partial charge in [0.15, 0.2) is 0 Å². The Labute approximate surface area is 114 Å². The molecule has 1 aromatic rings. The monoisotopic (exact) mass is 316 g/mol. The Morgan fingerprint density at radius 1 is 1.53 bits per heavy atom. The number of hydrogen-bond donors (Lipinski definition) is 2. The molecule has 0 radical (unpaired) electrons. The van der Waals surface area contributed by atoms with Crippen LogP contribution >= 0.6 is 27.5 Å². The number of nitrogens with two attached hydrogens (primary N) is 1. The first-order valence-electron chi connectivity index (χ1n) is 5.53. The van der Waals surface area contributed by atoms with Gasteiger partial charge < -0.3 is 11.1 Å². The fraction of sp³-hybridized carbons (Fsp3) is 0.417. The molecule has 0 aromatic heterocycles. The number of amides is 1. The van der Waals surface area contributed by atoms with Gasteiger partial charge in [-0.1, -0.05) is 17.7 Å². The molecule has 17 heavy (non-hydrogen) atoms. The van der Waals surface area contributed by atoms with Crippen LogP contribution in [0.1, 0.15) is 25.7 Å². The quantitative estimate of drug-likeness (QED) is 0.898. The van der Waals surface area contributed by atoms with Crippen molar-refractivity contribution in [1.29, 1.82) is 0 Å². The van der Waals surface area contributed by atoms with Crippen molar-refractivity contribution in [3.63, 3.8) is 0 Å². The van der Waals surface area contributed by atoms with Gasteiger partial charge in [0.25, 0.3) is 0 Å². The Kier molecular flexibility index (Phi) is 3.76. The minimum Gasteiger partial charge on any atom is -0.325 e. The number of nitrogens with one attached hydrogen (secondary N) is 1. The maximum Gasteiger partial charge on any atom is 0.226 e. The summed E-state index contributed by atoms with van der Waals surface area (Å²) in [4.78, 5) is 11.8. The van der Waals surface area contributed by atoms with Crippen molar-refractivity contribution >= 4 is 39.1 Å². The second-order valence-corrected chi connectivity index (χ2v) is 5.74. The molecular formula is C12H14BrClN2O. The minimum absolute atomic E-state index is 0.0600. The third kappa shape index (κ3) is 3.00. The maximum absolute atomic E-state index is 11.8. The molecule has 1 saturated carbocycles. The Hall–Kier alpha value is -0.580. The Morgan fingerprint density at radius 2 is 2.24 bits per heavy atom. The number of rotatable bonds is 3. The van der Waals surface area contributed by atoms with Gasteiger partial charge in [0, 0.05) is 12.0 Å². The summed E-state index contributed by atoms with van der Waals surface area (Å²) in [5.74, 6) is -0.0600. The molecule has 0 saturated heterocycles. The van der Waals surface area contributed by atoms with Gasteiger partial charge in [-0.3, -0.25) is 4.79 Å². The smallest absolute Gasteiger partial charge is 0.226 e. The van der Waals surface area contributed by atoms with Crippen LogP contribution in [0.25, 0.3) is 0 Å². The molecule has 0 unspecified atom stereocenters. The number of halogens is 2. The molecule has 5 heteroatoms. The lowest BCUT2D eigenvalue weighted by Gasteiger charge is -2.37. The van der Waals surface area contributed by atoms with E-state index in [1.54, 1.807) is 18.2 Å². The first-order chi connectivity index (χ1) is 8.00. The van der Waals surface area contributed by atoms with Crippen LogP contribution in [0, 0.1) is 0 Å². The third-order valence-electron chi connectivity index (χ3n) is 3.09. The number of benzene rings is 1. The SMILES string of the molecule is NC1(CC(=O)Nc2cccc(Cl)c2Br)CCC1. The maximum atomic E-state index is 11.8. The molecule has 1 amide bonds. The summed E-state index contributed by atoms with van der Waals surface area (Å²) in [6.45, 7) is 0. The number of hydrogen-bond acceptors (Lipinski definition) is 2. The first-order valence-corrected chi connectivity index (χ1v) is 6.70. The molecule has 3 nitrogen and oxygen atoms in total. The van der Waals surface area contributed by atoms with Crippen LogP contribution in [0.3, 0.4) is 0 Å². The summed E-state index contributed by atoms with van der Waals surface area (Å²) in [6.07, 6.45) is 3.34. The van der Waals surface area contributed by atoms with E-state index in [9.17, 15) is 4.79 Å². The highest BCUT2D eigenvalue weighted by molar-refractivity contribution is 9.10. The van der Waals surface area contributed by atoms with Gasteiger partial charge in [-0.2, -0.15) is 0 Å². The molecule has 2 rings (SSSR count). The van der Waals surface area contributed by atoms with Gasteiger partial charge in [0.1, 0.15) is 0 Å². The lowest BCUT2D eigenvalue weighted by molar-refractivity contribution is -0.118. The van der Waals surface area contributed by atoms with E-state index in [0.717, 1.165) is 19.3 Å². The van der Waals surface area contributed by atoms with Crippen molar-refractivity contribution in [2.75, 3.05) is 5.32 Å². The second kappa shape index (κ2) is 4.96. The number of anilines is 1. The van der Waals surface area contributed by atoms with Gasteiger partial charge >= 0.3 is 0 Å². The van der Waals surface area contributed by atoms with Gasteiger partial charge in [0.05, 0.1) is 15.2 Å². The van der Waals surface area contributed by atoms with Gasteiger partial charge in [-0.25, -0.2) is 0 Å². The summed E-state index contributed by atoms with van der Waals surface area (Å²) >= 11 is 9.29. The molecule has 1 fully saturated rings. The van der Waals surface area contributed by atoms with E-state index in [2.05, 4.69) is 21.2 Å². The fourth-order valence-corrected chi connectivity index (χ4v) is 2.46. The van der Waals surface area contributed by atoms with Crippen molar-refractivity contribution < 1.29 is 4.79 Å². The van der Waals surface area contributed by atoms with Gasteiger partial charge in [0.2, 0.25) is 5.91 Å². The fourth-order valence-electron chi connectivity index (χ4n) is 1.92. The van der Waals surface area contributed by atoms with Crippen molar-refractivity contribution in [3.05, 3.63) is 27.7 Å². The van der Waals surface area contributed by atoms with E-state index >= 15 is 0 Å². The van der Waals surface area contributed by atoms with Crippen LogP contribution in [0.2, 0.25) is 5.02 Å². The highest BCUT2D eigenvalue weighted by Crippen LogP contribution is 2.34. The van der Waals surface area contributed by atoms with E-state index in [1.807, 2.05) is 0 Å². The van der Waals surface area contributed by atoms with E-state index in [0.29, 0.717) is 21.6 Å². The molecule has 0 bridgehead atoms. The number of carbonyl (C=O) groups is 1. The molecule has 1 aromatic carbocycles. The van der Waals surface area contributed by atoms with Crippen LogP contribution in [-0.4, -0.2) is 11.4 Å². The van der Waals surface area contributed by atoms with Gasteiger partial charge in [-0.15, -0.1) is 0 Å². The lowest BCUT2D eigenvalue weighted by atomic mass is 9.75. The second-order valence-electron chi connectivity index (χ2n) is 4.54. The summed E-state index contributed by atoms with van der Waals surface area (Å²) in [7, 11) is 0. The molecule has 92 valence electrons. The van der Waals surface area contributed by atoms with Gasteiger partial charge in [-0.05, 0) is 47.3 Å². The first kappa shape index (κ1) is 12.9. The zero-order chi connectivity index (χ0) is 12.5. The van der Waals surface area contributed by atoms with Crippen molar-refractivity contribution in [2.45, 2.75) is 31.2 Å². The third-order valence-corrected chi connectivity index (χ3v) is 4.49. The summed E-state index contributed by atoms with van der Waals surface area (Å²) in [5, 5.41) is 3.40. The van der Waals surface area contributed by atoms with Crippen LogP contribution < -0.4 is 11.1 Å². The van der Waals surface area contributed by atoms with Crippen LogP contribution in [0.15, 0.2) is 22.7 Å². The average molecular weight is 318 g/mol. The molecule has 3 N–H and O–H groups in total. The van der Waals surface area contributed by atoms with E-state index in [1.165, 1.54) is 0 Å². The Balaban J connectivity index is 2.00. The summed E-state index contributed by atoms with van der Waals surface area (Å²) < 4.78 is 0.703. The number of carbonyl (C=O) groups excluding carboxylic acids is 1. The minimum atomic E-state index is -0.296.